The van der Waals surface area contributed by atoms with E-state index in [1.54, 1.807) is 18.2 Å². The van der Waals surface area contributed by atoms with Crippen molar-refractivity contribution in [2.45, 2.75) is 49.8 Å². The van der Waals surface area contributed by atoms with Crippen LogP contribution in [-0.4, -0.2) is 71.2 Å². The number of aromatic hydroxyl groups is 1. The van der Waals surface area contributed by atoms with Crippen molar-refractivity contribution >= 4 is 29.6 Å². The highest BCUT2D eigenvalue weighted by Crippen LogP contribution is 2.37. The quantitative estimate of drug-likeness (QED) is 0.240. The lowest BCUT2D eigenvalue weighted by Gasteiger charge is -2.31. The maximum Gasteiger partial charge on any atom is 0.415 e. The van der Waals surface area contributed by atoms with Crippen molar-refractivity contribution in [2.75, 3.05) is 31.3 Å². The third kappa shape index (κ3) is 7.73. The zero-order chi connectivity index (χ0) is 30.3. The lowest BCUT2D eigenvalue weighted by atomic mass is 10.0. The first-order chi connectivity index (χ1) is 20.8. The molecule has 0 radical (unpaired) electrons. The number of hydrogen-bond acceptors (Lipinski definition) is 9. The largest absolute Gasteiger partial charge is 0.506 e. The summed E-state index contributed by atoms with van der Waals surface area (Å²) >= 11 is 1.52. The van der Waals surface area contributed by atoms with E-state index in [0.29, 0.717) is 30.4 Å². The molecule has 1 saturated heterocycles. The van der Waals surface area contributed by atoms with Crippen LogP contribution in [0.3, 0.4) is 0 Å². The maximum absolute atomic E-state index is 13.4. The monoisotopic (exact) mass is 607 g/mol. The number of para-hydroxylation sites is 2. The average Bonchev–Trinajstić information content (AvgIpc) is 3.63. The number of anilines is 1. The number of aliphatic hydroxyl groups excluding tert-OH is 1. The predicted molar refractivity (Wildman–Crippen MR) is 163 cm³/mol. The second-order valence-corrected chi connectivity index (χ2v) is 12.0. The number of ether oxygens (including phenoxy) is 3. The van der Waals surface area contributed by atoms with Crippen LogP contribution in [-0.2, 0) is 16.0 Å². The summed E-state index contributed by atoms with van der Waals surface area (Å²) in [6.07, 6.45) is -1.41. The number of aliphatic hydroxyl groups is 1. The minimum Gasteiger partial charge on any atom is -0.506 e. The van der Waals surface area contributed by atoms with Crippen molar-refractivity contribution in [3.8, 4) is 17.2 Å². The summed E-state index contributed by atoms with van der Waals surface area (Å²) < 4.78 is 18.5. The molecule has 0 aromatic heterocycles. The topological polar surface area (TPSA) is 121 Å². The number of nitrogens with zero attached hydrogens (tertiary/aromatic N) is 2. The Kier molecular flexibility index (Phi) is 9.96. The summed E-state index contributed by atoms with van der Waals surface area (Å²) in [4.78, 5) is 28.2. The van der Waals surface area contributed by atoms with E-state index in [9.17, 15) is 19.8 Å². The van der Waals surface area contributed by atoms with Crippen LogP contribution in [0.15, 0.2) is 77.7 Å². The molecule has 3 aromatic rings. The van der Waals surface area contributed by atoms with E-state index >= 15 is 0 Å². The number of carbonyl (C=O) groups excluding carboxylic acids is 2. The van der Waals surface area contributed by atoms with Crippen molar-refractivity contribution < 1.29 is 34.0 Å². The fourth-order valence-corrected chi connectivity index (χ4v) is 6.10. The van der Waals surface area contributed by atoms with Crippen molar-refractivity contribution in [3.63, 3.8) is 0 Å². The molecule has 4 atom stereocenters. The molecule has 0 spiro atoms. The van der Waals surface area contributed by atoms with Crippen LogP contribution in [0.4, 0.5) is 10.5 Å². The Hall–Kier alpha value is -3.93. The number of fused-ring (bicyclic) bond motifs is 1. The average molecular weight is 608 g/mol. The van der Waals surface area contributed by atoms with E-state index < -0.39 is 30.3 Å². The van der Waals surface area contributed by atoms with E-state index in [4.69, 9.17) is 14.2 Å². The van der Waals surface area contributed by atoms with Crippen LogP contribution in [0.5, 0.6) is 17.2 Å². The molecule has 2 amide bonds. The van der Waals surface area contributed by atoms with Crippen molar-refractivity contribution in [2.24, 2.45) is 5.92 Å². The summed E-state index contributed by atoms with van der Waals surface area (Å²) in [5.74, 6) is 1.17. The number of phenolic OH excluding ortho intramolecular Hbond substituents is 1. The highest BCUT2D eigenvalue weighted by Gasteiger charge is 2.39. The van der Waals surface area contributed by atoms with Gasteiger partial charge < -0.3 is 29.7 Å². The number of nitrogens with one attached hydrogen (secondary N) is 1. The molecule has 10 nitrogen and oxygen atoms in total. The van der Waals surface area contributed by atoms with Crippen LogP contribution >= 0.6 is 11.9 Å². The van der Waals surface area contributed by atoms with Gasteiger partial charge in [0.15, 0.2) is 17.6 Å². The van der Waals surface area contributed by atoms with Gasteiger partial charge >= 0.3 is 6.09 Å². The normalized spacial score (nSPS) is 17.9. The van der Waals surface area contributed by atoms with Gasteiger partial charge in [-0.25, -0.2) is 9.10 Å². The molecule has 0 saturated carbocycles. The number of cyclic esters (lactones) is 1. The molecule has 4 unspecified atom stereocenters. The maximum atomic E-state index is 13.4. The van der Waals surface area contributed by atoms with Gasteiger partial charge in [0.25, 0.3) is 5.91 Å². The number of phenols is 1. The zero-order valence-corrected chi connectivity index (χ0v) is 25.0. The van der Waals surface area contributed by atoms with Crippen LogP contribution in [0, 0.1) is 5.92 Å². The third-order valence-corrected chi connectivity index (χ3v) is 8.57. The Morgan fingerprint density at radius 1 is 1.07 bits per heavy atom. The molecule has 2 heterocycles. The Balaban J connectivity index is 1.31. The first kappa shape index (κ1) is 30.5. The third-order valence-electron chi connectivity index (χ3n) is 7.55. The van der Waals surface area contributed by atoms with E-state index in [1.165, 1.54) is 22.9 Å². The second-order valence-electron chi connectivity index (χ2n) is 10.8. The standard InChI is InChI=1S/C32H37N3O7S/c1-3-21(2)17-34(43-23-13-14-28-29(16-23)41-20-40-28)18-27(37)24(15-22-9-5-4-6-10-22)33-31(38)30-19-35(32(39)42-30)25-11-7-8-12-26(25)36/h4-14,16,21,24,27,30,36-37H,3,15,17-20H2,1-2H3,(H,33,38). The fourth-order valence-electron chi connectivity index (χ4n) is 4.96. The molecular weight excluding hydrogens is 570 g/mol. The van der Waals surface area contributed by atoms with Gasteiger partial charge in [-0.2, -0.15) is 0 Å². The molecule has 3 N–H and O–H groups in total. The number of carbonyl (C=O) groups is 2. The molecule has 11 heteroatoms. The molecule has 5 rings (SSSR count). The minimum atomic E-state index is -1.10. The zero-order valence-electron chi connectivity index (χ0n) is 24.2. The molecule has 0 bridgehead atoms. The highest BCUT2D eigenvalue weighted by atomic mass is 32.2. The summed E-state index contributed by atoms with van der Waals surface area (Å²) in [5, 5.41) is 24.8. The first-order valence-corrected chi connectivity index (χ1v) is 15.2. The van der Waals surface area contributed by atoms with Crippen LogP contribution < -0.4 is 19.7 Å². The lowest BCUT2D eigenvalue weighted by Crippen LogP contribution is -2.52. The lowest BCUT2D eigenvalue weighted by molar-refractivity contribution is -0.129. The summed E-state index contributed by atoms with van der Waals surface area (Å²) in [6.45, 7) is 5.42. The molecule has 1 fully saturated rings. The van der Waals surface area contributed by atoms with Gasteiger partial charge in [-0.05, 0) is 60.2 Å². The molecular formula is C32H37N3O7S. The van der Waals surface area contributed by atoms with E-state index in [-0.39, 0.29) is 31.3 Å². The molecule has 2 aliphatic heterocycles. The molecule has 228 valence electrons. The smallest absolute Gasteiger partial charge is 0.415 e. The Labute approximate surface area is 255 Å². The van der Waals surface area contributed by atoms with Gasteiger partial charge in [0.1, 0.15) is 5.75 Å². The Morgan fingerprint density at radius 2 is 1.81 bits per heavy atom. The summed E-state index contributed by atoms with van der Waals surface area (Å²) in [6, 6.07) is 21.1. The van der Waals surface area contributed by atoms with Crippen LogP contribution in [0.2, 0.25) is 0 Å². The van der Waals surface area contributed by atoms with Gasteiger partial charge in [0.2, 0.25) is 6.79 Å². The second kappa shape index (κ2) is 14.0. The number of rotatable bonds is 13. The fraction of sp³-hybridized carbons (Fsp3) is 0.375. The van der Waals surface area contributed by atoms with E-state index in [0.717, 1.165) is 16.9 Å². The SMILES string of the molecule is CCC(C)CN(CC(O)C(Cc1ccccc1)NC(=O)C1CN(c2ccccc2O)C(=O)O1)Sc1ccc2c(c1)OCO2. The minimum absolute atomic E-state index is 0.0590. The van der Waals surface area contributed by atoms with E-state index in [1.807, 2.05) is 48.5 Å². The predicted octanol–water partition coefficient (Wildman–Crippen LogP) is 4.59. The Morgan fingerprint density at radius 3 is 2.58 bits per heavy atom. The van der Waals surface area contributed by atoms with Crippen LogP contribution in [0.25, 0.3) is 0 Å². The van der Waals surface area contributed by atoms with Gasteiger partial charge in [-0.3, -0.25) is 9.69 Å². The summed E-state index contributed by atoms with van der Waals surface area (Å²) in [7, 11) is 0. The van der Waals surface area contributed by atoms with Crippen molar-refractivity contribution in [3.05, 3.63) is 78.4 Å². The van der Waals surface area contributed by atoms with E-state index in [2.05, 4.69) is 23.5 Å². The number of amides is 2. The number of benzene rings is 3. The first-order valence-electron chi connectivity index (χ1n) is 14.4. The van der Waals surface area contributed by atoms with Crippen molar-refractivity contribution in [1.29, 1.82) is 0 Å². The summed E-state index contributed by atoms with van der Waals surface area (Å²) in [5.41, 5.74) is 1.22. The molecule has 3 aromatic carbocycles. The highest BCUT2D eigenvalue weighted by molar-refractivity contribution is 7.97. The van der Waals surface area contributed by atoms with Gasteiger partial charge in [-0.1, -0.05) is 62.7 Å². The van der Waals surface area contributed by atoms with Gasteiger partial charge in [0.05, 0.1) is 24.4 Å². The number of hydrogen-bond donors (Lipinski definition) is 3. The molecule has 2 aliphatic rings. The van der Waals surface area contributed by atoms with Crippen LogP contribution in [0.1, 0.15) is 25.8 Å². The van der Waals surface area contributed by atoms with Gasteiger partial charge in [0, 0.05) is 18.0 Å². The molecule has 43 heavy (non-hydrogen) atoms. The van der Waals surface area contributed by atoms with Crippen molar-refractivity contribution in [1.82, 2.24) is 9.62 Å². The Bertz CT molecular complexity index is 1410. The molecule has 0 aliphatic carbocycles. The van der Waals surface area contributed by atoms with Gasteiger partial charge in [-0.15, -0.1) is 0 Å².